The molecule has 29 heavy (non-hydrogen) atoms. The Morgan fingerprint density at radius 2 is 1.93 bits per heavy atom. The zero-order chi connectivity index (χ0) is 20.1. The molecule has 8 nitrogen and oxygen atoms in total. The van der Waals surface area contributed by atoms with Gasteiger partial charge in [-0.1, -0.05) is 6.07 Å². The van der Waals surface area contributed by atoms with Crippen molar-refractivity contribution in [2.24, 2.45) is 11.8 Å². The van der Waals surface area contributed by atoms with E-state index in [-0.39, 0.29) is 37.1 Å². The summed E-state index contributed by atoms with van der Waals surface area (Å²) in [5.41, 5.74) is 0.927. The number of aromatic nitrogens is 2. The molecule has 1 aromatic heterocycles. The lowest BCUT2D eigenvalue weighted by Gasteiger charge is -2.17. The van der Waals surface area contributed by atoms with E-state index in [1.54, 1.807) is 29.1 Å². The van der Waals surface area contributed by atoms with Gasteiger partial charge in [0.2, 0.25) is 17.7 Å². The van der Waals surface area contributed by atoms with Crippen LogP contribution in [-0.4, -0.2) is 50.9 Å². The van der Waals surface area contributed by atoms with Gasteiger partial charge >= 0.3 is 0 Å². The standard InChI is InChI=1S/C20H19FN4O4/c21-12-7-11(1-2-13(12)24-6-5-22-10-24)8-23-16(26)9-25-19(27)17-14-3-4-15(29-14)18(17)20(25)28/h1-2,5-7,10,14-15,17-18H,3-4,8-9H2,(H,23,26). The highest BCUT2D eigenvalue weighted by Crippen LogP contribution is 2.48. The Labute approximate surface area is 165 Å². The number of likely N-dealkylation sites (tertiary alicyclic amines) is 1. The number of nitrogens with one attached hydrogen (secondary N) is 1. The van der Waals surface area contributed by atoms with E-state index in [2.05, 4.69) is 10.3 Å². The minimum absolute atomic E-state index is 0.0946. The van der Waals surface area contributed by atoms with Crippen LogP contribution in [0.15, 0.2) is 36.9 Å². The summed E-state index contributed by atoms with van der Waals surface area (Å²) >= 11 is 0. The van der Waals surface area contributed by atoms with Gasteiger partial charge in [-0.05, 0) is 30.5 Å². The Balaban J connectivity index is 1.20. The molecule has 0 saturated carbocycles. The third-order valence-corrected chi connectivity index (χ3v) is 5.96. The first-order valence-corrected chi connectivity index (χ1v) is 9.57. The van der Waals surface area contributed by atoms with E-state index in [4.69, 9.17) is 4.74 Å². The molecule has 3 amide bonds. The maximum atomic E-state index is 14.3. The second-order valence-corrected chi connectivity index (χ2v) is 7.64. The van der Waals surface area contributed by atoms with Crippen LogP contribution < -0.4 is 5.32 Å². The molecule has 4 unspecified atom stereocenters. The number of imide groups is 1. The van der Waals surface area contributed by atoms with Crippen LogP contribution in [0.3, 0.4) is 0 Å². The molecule has 150 valence electrons. The molecule has 1 N–H and O–H groups in total. The van der Waals surface area contributed by atoms with Crippen molar-refractivity contribution in [1.82, 2.24) is 19.8 Å². The van der Waals surface area contributed by atoms with Crippen LogP contribution in [0.1, 0.15) is 18.4 Å². The van der Waals surface area contributed by atoms with Gasteiger partial charge in [0, 0.05) is 18.9 Å². The first-order chi connectivity index (χ1) is 14.0. The second-order valence-electron chi connectivity index (χ2n) is 7.64. The lowest BCUT2D eigenvalue weighted by molar-refractivity contribution is -0.146. The van der Waals surface area contributed by atoms with Gasteiger partial charge in [-0.25, -0.2) is 9.37 Å². The van der Waals surface area contributed by atoms with Crippen molar-refractivity contribution < 1.29 is 23.5 Å². The van der Waals surface area contributed by atoms with Crippen LogP contribution in [0.5, 0.6) is 0 Å². The third kappa shape index (κ3) is 2.93. The quantitative estimate of drug-likeness (QED) is 0.752. The summed E-state index contributed by atoms with van der Waals surface area (Å²) in [5, 5.41) is 2.65. The Hall–Kier alpha value is -3.07. The Kier molecular flexibility index (Phi) is 4.20. The highest BCUT2D eigenvalue weighted by Gasteiger charge is 2.62. The SMILES string of the molecule is O=C(CN1C(=O)C2C3CCC(O3)C2C1=O)NCc1ccc(-n2ccnc2)c(F)c1. The summed E-state index contributed by atoms with van der Waals surface area (Å²) in [5.74, 6) is -2.43. The first kappa shape index (κ1) is 18.0. The normalized spacial score (nSPS) is 27.6. The number of rotatable bonds is 5. The Morgan fingerprint density at radius 1 is 1.21 bits per heavy atom. The molecular formula is C20H19FN4O4. The van der Waals surface area contributed by atoms with Gasteiger partial charge in [-0.15, -0.1) is 0 Å². The molecule has 3 aliphatic heterocycles. The average Bonchev–Trinajstić information content (AvgIpc) is 3.48. The molecular weight excluding hydrogens is 379 g/mol. The monoisotopic (exact) mass is 398 g/mol. The van der Waals surface area contributed by atoms with E-state index in [0.29, 0.717) is 11.3 Å². The molecule has 1 aromatic carbocycles. The van der Waals surface area contributed by atoms with Gasteiger partial charge in [-0.2, -0.15) is 0 Å². The highest BCUT2D eigenvalue weighted by atomic mass is 19.1. The van der Waals surface area contributed by atoms with Crippen LogP contribution in [0, 0.1) is 17.7 Å². The molecule has 5 rings (SSSR count). The summed E-state index contributed by atoms with van der Waals surface area (Å²) in [6, 6.07) is 4.63. The van der Waals surface area contributed by atoms with Crippen molar-refractivity contribution in [3.8, 4) is 5.69 Å². The van der Waals surface area contributed by atoms with E-state index in [1.807, 2.05) is 0 Å². The number of carbonyl (C=O) groups excluding carboxylic acids is 3. The van der Waals surface area contributed by atoms with E-state index < -0.39 is 23.6 Å². The third-order valence-electron chi connectivity index (χ3n) is 5.96. The van der Waals surface area contributed by atoms with Crippen LogP contribution in [0.2, 0.25) is 0 Å². The molecule has 0 radical (unpaired) electrons. The zero-order valence-electron chi connectivity index (χ0n) is 15.5. The number of ether oxygens (including phenoxy) is 1. The number of hydrogen-bond donors (Lipinski definition) is 1. The number of imidazole rings is 1. The van der Waals surface area contributed by atoms with E-state index in [1.165, 1.54) is 12.4 Å². The minimum Gasteiger partial charge on any atom is -0.373 e. The lowest BCUT2D eigenvalue weighted by atomic mass is 9.81. The zero-order valence-corrected chi connectivity index (χ0v) is 15.5. The van der Waals surface area contributed by atoms with Gasteiger partial charge in [0.15, 0.2) is 0 Å². The molecule has 9 heteroatoms. The average molecular weight is 398 g/mol. The Bertz CT molecular complexity index is 964. The summed E-state index contributed by atoms with van der Waals surface area (Å²) in [6.07, 6.45) is 5.85. The molecule has 0 aliphatic carbocycles. The number of nitrogens with zero attached hydrogens (tertiary/aromatic N) is 3. The number of carbonyl (C=O) groups is 3. The number of amides is 3. The number of fused-ring (bicyclic) bond motifs is 5. The van der Waals surface area contributed by atoms with E-state index in [9.17, 15) is 18.8 Å². The van der Waals surface area contributed by atoms with Gasteiger partial charge in [0.1, 0.15) is 12.4 Å². The van der Waals surface area contributed by atoms with Gasteiger partial charge in [-0.3, -0.25) is 19.3 Å². The second kappa shape index (κ2) is 6.77. The van der Waals surface area contributed by atoms with Crippen LogP contribution in [0.4, 0.5) is 4.39 Å². The van der Waals surface area contributed by atoms with Gasteiger partial charge in [0.05, 0.1) is 36.1 Å². The summed E-state index contributed by atoms with van der Waals surface area (Å²) in [6.45, 7) is -0.225. The van der Waals surface area contributed by atoms with Crippen LogP contribution >= 0.6 is 0 Å². The number of halogens is 1. The van der Waals surface area contributed by atoms with Crippen molar-refractivity contribution in [2.75, 3.05) is 6.54 Å². The van der Waals surface area contributed by atoms with Gasteiger partial charge < -0.3 is 14.6 Å². The molecule has 3 fully saturated rings. The van der Waals surface area contributed by atoms with E-state index in [0.717, 1.165) is 17.7 Å². The number of benzene rings is 1. The molecule has 4 heterocycles. The van der Waals surface area contributed by atoms with Gasteiger partial charge in [0.25, 0.3) is 0 Å². The molecule has 2 aromatic rings. The maximum absolute atomic E-state index is 14.3. The lowest BCUT2D eigenvalue weighted by Crippen LogP contribution is -2.42. The molecule has 3 saturated heterocycles. The van der Waals surface area contributed by atoms with Crippen molar-refractivity contribution >= 4 is 17.7 Å². The Morgan fingerprint density at radius 3 is 2.55 bits per heavy atom. The fraction of sp³-hybridized carbons (Fsp3) is 0.400. The maximum Gasteiger partial charge on any atom is 0.240 e. The summed E-state index contributed by atoms with van der Waals surface area (Å²) < 4.78 is 21.5. The molecule has 0 spiro atoms. The smallest absolute Gasteiger partial charge is 0.240 e. The summed E-state index contributed by atoms with van der Waals surface area (Å²) in [7, 11) is 0. The van der Waals surface area contributed by atoms with Crippen molar-refractivity contribution in [3.63, 3.8) is 0 Å². The summed E-state index contributed by atoms with van der Waals surface area (Å²) in [4.78, 5) is 42.4. The fourth-order valence-corrected chi connectivity index (χ4v) is 4.60. The predicted octanol–water partition coefficient (Wildman–Crippen LogP) is 0.790. The van der Waals surface area contributed by atoms with Crippen LogP contribution in [0.25, 0.3) is 5.69 Å². The molecule has 3 aliphatic rings. The largest absolute Gasteiger partial charge is 0.373 e. The van der Waals surface area contributed by atoms with Crippen LogP contribution in [-0.2, 0) is 25.7 Å². The minimum atomic E-state index is -0.459. The van der Waals surface area contributed by atoms with E-state index >= 15 is 0 Å². The predicted molar refractivity (Wildman–Crippen MR) is 97.0 cm³/mol. The van der Waals surface area contributed by atoms with Crippen molar-refractivity contribution in [1.29, 1.82) is 0 Å². The first-order valence-electron chi connectivity index (χ1n) is 9.57. The fourth-order valence-electron chi connectivity index (χ4n) is 4.60. The topological polar surface area (TPSA) is 93.5 Å². The van der Waals surface area contributed by atoms with Crippen molar-refractivity contribution in [3.05, 3.63) is 48.3 Å². The van der Waals surface area contributed by atoms with Crippen molar-refractivity contribution in [2.45, 2.75) is 31.6 Å². The number of hydrogen-bond acceptors (Lipinski definition) is 5. The highest BCUT2D eigenvalue weighted by molar-refractivity contribution is 6.08. The molecule has 2 bridgehead atoms. The molecule has 4 atom stereocenters.